The van der Waals surface area contributed by atoms with Crippen LogP contribution in [0, 0.1) is 5.82 Å². The van der Waals surface area contributed by atoms with Gasteiger partial charge in [0.1, 0.15) is 16.9 Å². The lowest BCUT2D eigenvalue weighted by Crippen LogP contribution is -2.41. The lowest BCUT2D eigenvalue weighted by atomic mass is 10.0. The molecule has 0 fully saturated rings. The number of carbonyl (C=O) groups is 1. The van der Waals surface area contributed by atoms with Gasteiger partial charge in [-0.25, -0.2) is 4.39 Å². The van der Waals surface area contributed by atoms with Gasteiger partial charge >= 0.3 is 0 Å². The van der Waals surface area contributed by atoms with Crippen molar-refractivity contribution in [2.24, 2.45) is 0 Å². The second-order valence-corrected chi connectivity index (χ2v) is 7.41. The lowest BCUT2D eigenvalue weighted by Gasteiger charge is -2.39. The number of hydrogen-bond acceptors (Lipinski definition) is 3. The summed E-state index contributed by atoms with van der Waals surface area (Å²) in [6.07, 6.45) is 0.774. The minimum Gasteiger partial charge on any atom is -0.497 e. The number of nitrogens with zero attached hydrogens (tertiary/aromatic N) is 1. The van der Waals surface area contributed by atoms with Gasteiger partial charge in [0.15, 0.2) is 0 Å². The number of aromatic amines is 1. The van der Waals surface area contributed by atoms with Gasteiger partial charge in [-0.3, -0.25) is 4.79 Å². The number of amides is 1. The van der Waals surface area contributed by atoms with Crippen molar-refractivity contribution in [2.75, 3.05) is 13.7 Å². The van der Waals surface area contributed by atoms with Crippen LogP contribution in [0.25, 0.3) is 10.9 Å². The van der Waals surface area contributed by atoms with Crippen molar-refractivity contribution in [2.45, 2.75) is 16.7 Å². The molecule has 3 heterocycles. The third-order valence-corrected chi connectivity index (χ3v) is 6.27. The highest BCUT2D eigenvalue weighted by Gasteiger charge is 2.39. The molecule has 1 N–H and O–H groups in total. The molecule has 0 bridgehead atoms. The summed E-state index contributed by atoms with van der Waals surface area (Å²) in [6, 6.07) is 10.4. The second kappa shape index (κ2) is 5.26. The van der Waals surface area contributed by atoms with E-state index >= 15 is 0 Å². The number of H-pyrrole nitrogens is 1. The maximum atomic E-state index is 13.5. The Morgan fingerprint density at radius 3 is 3.00 bits per heavy atom. The molecule has 2 aliphatic heterocycles. The summed E-state index contributed by atoms with van der Waals surface area (Å²) in [4.78, 5) is 19.0. The minimum absolute atomic E-state index is 0.0971. The molecule has 126 valence electrons. The second-order valence-electron chi connectivity index (χ2n) is 6.29. The molecule has 0 aliphatic carbocycles. The van der Waals surface area contributed by atoms with Gasteiger partial charge < -0.3 is 14.6 Å². The number of rotatable bonds is 1. The molecule has 0 spiro atoms. The average molecular weight is 354 g/mol. The van der Waals surface area contributed by atoms with Gasteiger partial charge in [0, 0.05) is 22.3 Å². The number of aromatic nitrogens is 1. The van der Waals surface area contributed by atoms with Crippen LogP contribution in [0.15, 0.2) is 41.3 Å². The zero-order valence-electron chi connectivity index (χ0n) is 13.5. The number of hydrogen-bond donors (Lipinski definition) is 1. The molecule has 3 aromatic rings. The van der Waals surface area contributed by atoms with Gasteiger partial charge in [-0.2, -0.15) is 0 Å². The van der Waals surface area contributed by atoms with Crippen LogP contribution >= 0.6 is 11.8 Å². The highest BCUT2D eigenvalue weighted by atomic mass is 32.2. The van der Waals surface area contributed by atoms with Gasteiger partial charge in [0.2, 0.25) is 0 Å². The van der Waals surface area contributed by atoms with Gasteiger partial charge in [0.05, 0.1) is 18.4 Å². The molecule has 25 heavy (non-hydrogen) atoms. The quantitative estimate of drug-likeness (QED) is 0.715. The third kappa shape index (κ3) is 2.10. The Hall–Kier alpha value is -2.47. The molecular formula is C19H15FN2O2S. The molecule has 2 aliphatic rings. The maximum Gasteiger partial charge on any atom is 0.256 e. The standard InChI is InChI=1S/C19H15FN2O2S/c1-24-11-3-4-15-13(9-11)12-6-7-22-18(23)14-8-10(20)2-5-16(14)25-19(22)17(12)21-15/h2-5,8-9,19,21H,6-7H2,1H3. The highest BCUT2D eigenvalue weighted by molar-refractivity contribution is 7.99. The molecule has 2 aromatic carbocycles. The molecule has 6 heteroatoms. The fourth-order valence-corrected chi connectivity index (χ4v) is 5.05. The Bertz CT molecular complexity index is 1030. The summed E-state index contributed by atoms with van der Waals surface area (Å²) in [5.41, 5.74) is 3.80. The van der Waals surface area contributed by atoms with E-state index in [1.54, 1.807) is 24.9 Å². The number of benzene rings is 2. The van der Waals surface area contributed by atoms with E-state index in [2.05, 4.69) is 4.98 Å². The van der Waals surface area contributed by atoms with E-state index < -0.39 is 0 Å². The molecular weight excluding hydrogens is 339 g/mol. The molecule has 0 radical (unpaired) electrons. The molecule has 1 atom stereocenters. The van der Waals surface area contributed by atoms with Crippen LogP contribution in [0.4, 0.5) is 4.39 Å². The topological polar surface area (TPSA) is 45.3 Å². The van der Waals surface area contributed by atoms with E-state index in [0.717, 1.165) is 33.7 Å². The van der Waals surface area contributed by atoms with E-state index in [1.807, 2.05) is 23.1 Å². The number of carbonyl (C=O) groups excluding carboxylic acids is 1. The van der Waals surface area contributed by atoms with Gasteiger partial charge in [-0.1, -0.05) is 11.8 Å². The lowest BCUT2D eigenvalue weighted by molar-refractivity contribution is 0.0714. The van der Waals surface area contributed by atoms with Crippen molar-refractivity contribution in [3.8, 4) is 5.75 Å². The number of nitrogens with one attached hydrogen (secondary N) is 1. The number of fused-ring (bicyclic) bond motifs is 6. The molecule has 0 saturated heterocycles. The number of ether oxygens (including phenoxy) is 1. The van der Waals surface area contributed by atoms with E-state index in [1.165, 1.54) is 17.7 Å². The first-order valence-corrected chi connectivity index (χ1v) is 8.99. The monoisotopic (exact) mass is 354 g/mol. The van der Waals surface area contributed by atoms with Crippen LogP contribution < -0.4 is 4.74 Å². The molecule has 1 aromatic heterocycles. The van der Waals surface area contributed by atoms with Crippen LogP contribution in [0.2, 0.25) is 0 Å². The first kappa shape index (κ1) is 14.8. The first-order valence-electron chi connectivity index (χ1n) is 8.11. The largest absolute Gasteiger partial charge is 0.497 e. The van der Waals surface area contributed by atoms with Crippen molar-refractivity contribution in [3.63, 3.8) is 0 Å². The van der Waals surface area contributed by atoms with Crippen molar-refractivity contribution < 1.29 is 13.9 Å². The molecule has 1 unspecified atom stereocenters. The van der Waals surface area contributed by atoms with Gasteiger partial charge in [0.25, 0.3) is 5.91 Å². The normalized spacial score (nSPS) is 18.7. The predicted molar refractivity (Wildman–Crippen MR) is 94.6 cm³/mol. The van der Waals surface area contributed by atoms with Crippen molar-refractivity contribution in [1.29, 1.82) is 0 Å². The van der Waals surface area contributed by atoms with Crippen molar-refractivity contribution >= 4 is 28.6 Å². The molecule has 1 amide bonds. The zero-order chi connectivity index (χ0) is 17.1. The molecule has 5 rings (SSSR count). The summed E-state index contributed by atoms with van der Waals surface area (Å²) >= 11 is 1.60. The Morgan fingerprint density at radius 1 is 1.28 bits per heavy atom. The van der Waals surface area contributed by atoms with E-state index in [0.29, 0.717) is 12.1 Å². The van der Waals surface area contributed by atoms with Crippen LogP contribution in [0.1, 0.15) is 27.0 Å². The summed E-state index contributed by atoms with van der Waals surface area (Å²) in [5, 5.41) is 1.04. The summed E-state index contributed by atoms with van der Waals surface area (Å²) in [7, 11) is 1.66. The van der Waals surface area contributed by atoms with E-state index in [-0.39, 0.29) is 17.1 Å². The number of methoxy groups -OCH3 is 1. The van der Waals surface area contributed by atoms with Crippen LogP contribution in [-0.2, 0) is 6.42 Å². The van der Waals surface area contributed by atoms with Crippen molar-refractivity contribution in [1.82, 2.24) is 9.88 Å². The minimum atomic E-state index is -0.374. The third-order valence-electron chi connectivity index (χ3n) is 4.95. The smallest absolute Gasteiger partial charge is 0.256 e. The van der Waals surface area contributed by atoms with Gasteiger partial charge in [-0.05, 0) is 48.4 Å². The summed E-state index contributed by atoms with van der Waals surface area (Å²) < 4.78 is 18.9. The molecule has 4 nitrogen and oxygen atoms in total. The average Bonchev–Trinajstić information content (AvgIpc) is 3.00. The Morgan fingerprint density at radius 2 is 2.16 bits per heavy atom. The fraction of sp³-hybridized carbons (Fsp3) is 0.211. The molecule has 0 saturated carbocycles. The number of halogens is 1. The Labute approximate surface area is 148 Å². The summed E-state index contributed by atoms with van der Waals surface area (Å²) in [5.74, 6) is 0.353. The zero-order valence-corrected chi connectivity index (χ0v) is 14.3. The SMILES string of the molecule is COc1ccc2[nH]c3c(c2c1)CCN1C(=O)c2cc(F)ccc2SC31. The maximum absolute atomic E-state index is 13.5. The highest BCUT2D eigenvalue weighted by Crippen LogP contribution is 2.48. The predicted octanol–water partition coefficient (Wildman–Crippen LogP) is 4.12. The summed E-state index contributed by atoms with van der Waals surface area (Å²) in [6.45, 7) is 0.629. The van der Waals surface area contributed by atoms with Crippen molar-refractivity contribution in [3.05, 3.63) is 59.0 Å². The van der Waals surface area contributed by atoms with E-state index in [4.69, 9.17) is 4.74 Å². The van der Waals surface area contributed by atoms with Gasteiger partial charge in [-0.15, -0.1) is 0 Å². The van der Waals surface area contributed by atoms with Crippen LogP contribution in [0.3, 0.4) is 0 Å². The van der Waals surface area contributed by atoms with Crippen LogP contribution in [-0.4, -0.2) is 29.4 Å². The first-order chi connectivity index (χ1) is 12.2. The van der Waals surface area contributed by atoms with Crippen LogP contribution in [0.5, 0.6) is 5.75 Å². The Kier molecular flexibility index (Phi) is 3.12. The fourth-order valence-electron chi connectivity index (χ4n) is 3.74. The Balaban J connectivity index is 1.66. The van der Waals surface area contributed by atoms with E-state index in [9.17, 15) is 9.18 Å². The number of thioether (sulfide) groups is 1.